The first-order valence-electron chi connectivity index (χ1n) is 5.81. The number of hydrogen-bond donors (Lipinski definition) is 2. The van der Waals surface area contributed by atoms with Gasteiger partial charge in [-0.2, -0.15) is 8.42 Å². The van der Waals surface area contributed by atoms with Crippen molar-refractivity contribution in [2.45, 2.75) is 17.7 Å². The highest BCUT2D eigenvalue weighted by atomic mass is 32.2. The van der Waals surface area contributed by atoms with Crippen LogP contribution in [0.25, 0.3) is 0 Å². The molecule has 5 heteroatoms. The molecule has 0 aliphatic carbocycles. The molecule has 0 spiro atoms. The Morgan fingerprint density at radius 2 is 1.58 bits per heavy atom. The minimum atomic E-state index is -4.42. The number of phenols is 1. The summed E-state index contributed by atoms with van der Waals surface area (Å²) in [6.45, 7) is 0. The summed E-state index contributed by atoms with van der Waals surface area (Å²) in [5, 5.41) is 9.59. The molecule has 2 aromatic rings. The second-order valence-corrected chi connectivity index (χ2v) is 5.58. The maximum absolute atomic E-state index is 11.3. The molecule has 0 aliphatic heterocycles. The minimum absolute atomic E-state index is 0.397. The third-order valence-electron chi connectivity index (χ3n) is 2.86. The van der Waals surface area contributed by atoms with Gasteiger partial charge < -0.3 is 5.11 Å². The molecule has 4 nitrogen and oxygen atoms in total. The van der Waals surface area contributed by atoms with Gasteiger partial charge >= 0.3 is 0 Å². The number of aryl methyl sites for hydroxylation is 2. The molecule has 19 heavy (non-hydrogen) atoms. The molecule has 0 saturated carbocycles. The topological polar surface area (TPSA) is 74.6 Å². The van der Waals surface area contributed by atoms with Gasteiger partial charge in [0.15, 0.2) is 0 Å². The van der Waals surface area contributed by atoms with Gasteiger partial charge in [0.1, 0.15) is 10.6 Å². The molecule has 2 N–H and O–H groups in total. The maximum atomic E-state index is 11.3. The molecule has 0 unspecified atom stereocenters. The van der Waals surface area contributed by atoms with Crippen LogP contribution < -0.4 is 0 Å². The van der Waals surface area contributed by atoms with Gasteiger partial charge in [0.05, 0.1) is 0 Å². The lowest BCUT2D eigenvalue weighted by atomic mass is 10.0. The molecule has 0 amide bonds. The van der Waals surface area contributed by atoms with Crippen LogP contribution in [-0.4, -0.2) is 18.1 Å². The van der Waals surface area contributed by atoms with E-state index in [2.05, 4.69) is 0 Å². The molecule has 2 aromatic carbocycles. The zero-order valence-corrected chi connectivity index (χ0v) is 11.0. The van der Waals surface area contributed by atoms with Crippen molar-refractivity contribution in [2.24, 2.45) is 0 Å². The normalized spacial score (nSPS) is 11.4. The van der Waals surface area contributed by atoms with Crippen molar-refractivity contribution in [2.75, 3.05) is 0 Å². The molecule has 2 rings (SSSR count). The summed E-state index contributed by atoms with van der Waals surface area (Å²) in [5.74, 6) is -0.423. The Morgan fingerprint density at radius 1 is 0.895 bits per heavy atom. The summed E-state index contributed by atoms with van der Waals surface area (Å²) in [5.41, 5.74) is 1.47. The van der Waals surface area contributed by atoms with Crippen LogP contribution in [0, 0.1) is 0 Å². The first-order valence-corrected chi connectivity index (χ1v) is 7.25. The monoisotopic (exact) mass is 278 g/mol. The molecular weight excluding hydrogens is 264 g/mol. The van der Waals surface area contributed by atoms with E-state index in [0.717, 1.165) is 5.56 Å². The van der Waals surface area contributed by atoms with Crippen LogP contribution >= 0.6 is 0 Å². The standard InChI is InChI=1S/C14H14O4S/c15-13-8-4-7-12(14(13)19(16,17)18)10-9-11-5-2-1-3-6-11/h1-8,15H,9-10H2,(H,16,17,18). The van der Waals surface area contributed by atoms with Crippen LogP contribution in [0.5, 0.6) is 5.75 Å². The van der Waals surface area contributed by atoms with E-state index in [4.69, 9.17) is 4.55 Å². The molecule has 0 radical (unpaired) electrons. The summed E-state index contributed by atoms with van der Waals surface area (Å²) >= 11 is 0. The predicted octanol–water partition coefficient (Wildman–Crippen LogP) is 2.42. The van der Waals surface area contributed by atoms with Gasteiger partial charge in [-0.15, -0.1) is 0 Å². The Balaban J connectivity index is 2.29. The number of hydrogen-bond acceptors (Lipinski definition) is 3. The van der Waals surface area contributed by atoms with Gasteiger partial charge in [0, 0.05) is 0 Å². The Hall–Kier alpha value is -1.85. The van der Waals surface area contributed by atoms with E-state index in [1.165, 1.54) is 6.07 Å². The Labute approximate surface area is 112 Å². The van der Waals surface area contributed by atoms with Crippen molar-refractivity contribution in [3.8, 4) is 5.75 Å². The maximum Gasteiger partial charge on any atom is 0.298 e. The summed E-state index contributed by atoms with van der Waals surface area (Å²) in [4.78, 5) is -0.397. The van der Waals surface area contributed by atoms with E-state index in [1.807, 2.05) is 30.3 Å². The van der Waals surface area contributed by atoms with Gasteiger partial charge in [0.2, 0.25) is 0 Å². The highest BCUT2D eigenvalue weighted by molar-refractivity contribution is 7.86. The van der Waals surface area contributed by atoms with Gasteiger partial charge in [-0.25, -0.2) is 0 Å². The molecule has 0 fully saturated rings. The van der Waals surface area contributed by atoms with Crippen molar-refractivity contribution in [3.63, 3.8) is 0 Å². The molecule has 0 aromatic heterocycles. The van der Waals surface area contributed by atoms with Crippen molar-refractivity contribution in [1.82, 2.24) is 0 Å². The molecule has 0 aliphatic rings. The van der Waals surface area contributed by atoms with Crippen LogP contribution in [0.4, 0.5) is 0 Å². The molecule has 100 valence electrons. The first kappa shape index (κ1) is 13.6. The van der Waals surface area contributed by atoms with E-state index in [1.54, 1.807) is 12.1 Å². The molecule has 0 saturated heterocycles. The predicted molar refractivity (Wildman–Crippen MR) is 71.8 cm³/mol. The summed E-state index contributed by atoms with van der Waals surface area (Å²) in [6.07, 6.45) is 1.06. The lowest BCUT2D eigenvalue weighted by Gasteiger charge is -2.08. The summed E-state index contributed by atoms with van der Waals surface area (Å²) in [7, 11) is -4.42. The fourth-order valence-corrected chi connectivity index (χ4v) is 2.82. The van der Waals surface area contributed by atoms with Crippen LogP contribution in [0.3, 0.4) is 0 Å². The SMILES string of the molecule is O=S(=O)(O)c1c(O)cccc1CCc1ccccc1. The zero-order chi connectivity index (χ0) is 13.9. The van der Waals surface area contributed by atoms with Crippen LogP contribution in [0.15, 0.2) is 53.4 Å². The van der Waals surface area contributed by atoms with Crippen molar-refractivity contribution in [3.05, 3.63) is 59.7 Å². The number of aromatic hydroxyl groups is 1. The number of rotatable bonds is 4. The van der Waals surface area contributed by atoms with E-state index in [0.29, 0.717) is 18.4 Å². The average molecular weight is 278 g/mol. The highest BCUT2D eigenvalue weighted by Crippen LogP contribution is 2.27. The second-order valence-electron chi connectivity index (χ2n) is 4.23. The Bertz CT molecular complexity index is 663. The summed E-state index contributed by atoms with van der Waals surface area (Å²) in [6, 6.07) is 14.0. The number of benzene rings is 2. The molecule has 0 atom stereocenters. The van der Waals surface area contributed by atoms with Crippen molar-refractivity contribution in [1.29, 1.82) is 0 Å². The first-order chi connectivity index (χ1) is 8.98. The van der Waals surface area contributed by atoms with Crippen LogP contribution in [-0.2, 0) is 23.0 Å². The van der Waals surface area contributed by atoms with E-state index >= 15 is 0 Å². The largest absolute Gasteiger partial charge is 0.506 e. The molecule has 0 bridgehead atoms. The number of phenolic OH excluding ortho intramolecular Hbond substituents is 1. The van der Waals surface area contributed by atoms with E-state index in [-0.39, 0.29) is 0 Å². The zero-order valence-electron chi connectivity index (χ0n) is 10.2. The second kappa shape index (κ2) is 5.42. The smallest absolute Gasteiger partial charge is 0.298 e. The highest BCUT2D eigenvalue weighted by Gasteiger charge is 2.19. The van der Waals surface area contributed by atoms with E-state index in [9.17, 15) is 13.5 Å². The minimum Gasteiger partial charge on any atom is -0.506 e. The fraction of sp³-hybridized carbons (Fsp3) is 0.143. The third kappa shape index (κ3) is 3.33. The Morgan fingerprint density at radius 3 is 2.21 bits per heavy atom. The fourth-order valence-electron chi connectivity index (χ4n) is 1.99. The molecular formula is C14H14O4S. The lowest BCUT2D eigenvalue weighted by molar-refractivity contribution is 0.441. The summed E-state index contributed by atoms with van der Waals surface area (Å²) < 4.78 is 31.7. The van der Waals surface area contributed by atoms with Crippen LogP contribution in [0.1, 0.15) is 11.1 Å². The quantitative estimate of drug-likeness (QED) is 0.842. The third-order valence-corrected chi connectivity index (χ3v) is 3.85. The van der Waals surface area contributed by atoms with Crippen molar-refractivity contribution >= 4 is 10.1 Å². The van der Waals surface area contributed by atoms with E-state index < -0.39 is 20.8 Å². The van der Waals surface area contributed by atoms with Gasteiger partial charge in [-0.1, -0.05) is 42.5 Å². The average Bonchev–Trinajstić information content (AvgIpc) is 2.36. The lowest BCUT2D eigenvalue weighted by Crippen LogP contribution is -2.04. The Kier molecular flexibility index (Phi) is 3.87. The molecule has 0 heterocycles. The van der Waals surface area contributed by atoms with Gasteiger partial charge in [-0.3, -0.25) is 4.55 Å². The van der Waals surface area contributed by atoms with Gasteiger partial charge in [0.25, 0.3) is 10.1 Å². The van der Waals surface area contributed by atoms with Crippen molar-refractivity contribution < 1.29 is 18.1 Å². The van der Waals surface area contributed by atoms with Crippen LogP contribution in [0.2, 0.25) is 0 Å². The van der Waals surface area contributed by atoms with Gasteiger partial charge in [-0.05, 0) is 30.0 Å².